The van der Waals surface area contributed by atoms with E-state index in [1.165, 1.54) is 0 Å². The van der Waals surface area contributed by atoms with Crippen LogP contribution in [0, 0.1) is 0 Å². The average molecular weight is 308 g/mol. The molecule has 0 radical (unpaired) electrons. The monoisotopic (exact) mass is 308 g/mol. The van der Waals surface area contributed by atoms with Crippen molar-refractivity contribution in [2.45, 2.75) is 19.0 Å². The van der Waals surface area contributed by atoms with Gasteiger partial charge in [0.25, 0.3) is 0 Å². The van der Waals surface area contributed by atoms with Crippen LogP contribution < -0.4 is 14.8 Å². The Morgan fingerprint density at radius 3 is 2.82 bits per heavy atom. The van der Waals surface area contributed by atoms with Crippen LogP contribution in [-0.4, -0.2) is 55.2 Å². The van der Waals surface area contributed by atoms with Crippen LogP contribution in [-0.2, 0) is 16.1 Å². The quantitative estimate of drug-likeness (QED) is 0.795. The maximum absolute atomic E-state index is 11.9. The number of hydrogen-bond donors (Lipinski definition) is 2. The summed E-state index contributed by atoms with van der Waals surface area (Å²) in [4.78, 5) is 24.8. The van der Waals surface area contributed by atoms with Gasteiger partial charge in [-0.2, -0.15) is 0 Å². The number of nitrogens with zero attached hydrogens (tertiary/aromatic N) is 1. The van der Waals surface area contributed by atoms with Gasteiger partial charge >= 0.3 is 5.97 Å². The number of methoxy groups -OCH3 is 2. The molecule has 1 atom stereocenters. The SMILES string of the molecule is COc1cccc(CN2CCNC(=O)[C@@H]2CC(=O)O)c1OC. The molecule has 0 saturated carbocycles. The van der Waals surface area contributed by atoms with E-state index in [2.05, 4.69) is 5.32 Å². The Kier molecular flexibility index (Phi) is 5.21. The normalized spacial score (nSPS) is 18.6. The van der Waals surface area contributed by atoms with Crippen LogP contribution in [0.3, 0.4) is 0 Å². The first-order valence-corrected chi connectivity index (χ1v) is 7.00. The Labute approximate surface area is 128 Å². The molecule has 0 aromatic heterocycles. The zero-order chi connectivity index (χ0) is 16.1. The molecule has 7 heteroatoms. The number of carboxylic acids is 1. The summed E-state index contributed by atoms with van der Waals surface area (Å²) in [5.41, 5.74) is 0.854. The molecule has 1 aromatic rings. The number of amides is 1. The summed E-state index contributed by atoms with van der Waals surface area (Å²) in [6.07, 6.45) is -0.224. The van der Waals surface area contributed by atoms with Crippen molar-refractivity contribution in [3.05, 3.63) is 23.8 Å². The van der Waals surface area contributed by atoms with Gasteiger partial charge in [0, 0.05) is 25.2 Å². The standard InChI is InChI=1S/C15H20N2O5/c1-21-12-5-3-4-10(14(12)22-2)9-17-7-6-16-15(20)11(17)8-13(18)19/h3-5,11H,6-9H2,1-2H3,(H,16,20)(H,18,19)/t11-/m0/s1. The molecule has 1 aliphatic rings. The Balaban J connectivity index is 2.24. The molecular formula is C15H20N2O5. The lowest BCUT2D eigenvalue weighted by Crippen LogP contribution is -2.55. The van der Waals surface area contributed by atoms with Crippen LogP contribution in [0.15, 0.2) is 18.2 Å². The molecule has 1 heterocycles. The fourth-order valence-electron chi connectivity index (χ4n) is 2.64. The van der Waals surface area contributed by atoms with E-state index in [4.69, 9.17) is 14.6 Å². The van der Waals surface area contributed by atoms with Gasteiger partial charge in [0.05, 0.1) is 20.6 Å². The minimum absolute atomic E-state index is 0.224. The number of rotatable bonds is 6. The first-order valence-electron chi connectivity index (χ1n) is 7.00. The van der Waals surface area contributed by atoms with Crippen LogP contribution in [0.2, 0.25) is 0 Å². The molecule has 7 nitrogen and oxygen atoms in total. The van der Waals surface area contributed by atoms with E-state index >= 15 is 0 Å². The van der Waals surface area contributed by atoms with E-state index in [1.807, 2.05) is 17.0 Å². The summed E-state index contributed by atoms with van der Waals surface area (Å²) in [6.45, 7) is 1.51. The summed E-state index contributed by atoms with van der Waals surface area (Å²) in [5, 5.41) is 11.7. The number of carboxylic acid groups (broad SMARTS) is 1. The minimum atomic E-state index is -0.996. The highest BCUT2D eigenvalue weighted by atomic mass is 16.5. The van der Waals surface area contributed by atoms with Crippen molar-refractivity contribution in [3.8, 4) is 11.5 Å². The summed E-state index contributed by atoms with van der Waals surface area (Å²) in [6, 6.07) is 4.83. The highest BCUT2D eigenvalue weighted by molar-refractivity contribution is 5.86. The van der Waals surface area contributed by atoms with Gasteiger partial charge in [0.1, 0.15) is 6.04 Å². The second kappa shape index (κ2) is 7.13. The van der Waals surface area contributed by atoms with E-state index in [0.29, 0.717) is 31.1 Å². The van der Waals surface area contributed by atoms with Gasteiger partial charge < -0.3 is 19.9 Å². The molecule has 1 saturated heterocycles. The molecule has 1 aliphatic heterocycles. The van der Waals surface area contributed by atoms with E-state index in [-0.39, 0.29) is 12.3 Å². The number of hydrogen-bond acceptors (Lipinski definition) is 5. The maximum Gasteiger partial charge on any atom is 0.305 e. The minimum Gasteiger partial charge on any atom is -0.493 e. The van der Waals surface area contributed by atoms with Gasteiger partial charge in [-0.25, -0.2) is 0 Å². The van der Waals surface area contributed by atoms with E-state index in [9.17, 15) is 9.59 Å². The van der Waals surface area contributed by atoms with Crippen LogP contribution >= 0.6 is 0 Å². The number of aliphatic carboxylic acids is 1. The number of ether oxygens (including phenoxy) is 2. The van der Waals surface area contributed by atoms with Crippen molar-refractivity contribution in [1.82, 2.24) is 10.2 Å². The first kappa shape index (κ1) is 16.1. The Hall–Kier alpha value is -2.28. The highest BCUT2D eigenvalue weighted by Gasteiger charge is 2.32. The highest BCUT2D eigenvalue weighted by Crippen LogP contribution is 2.32. The van der Waals surface area contributed by atoms with Crippen molar-refractivity contribution in [2.75, 3.05) is 27.3 Å². The van der Waals surface area contributed by atoms with E-state index < -0.39 is 12.0 Å². The van der Waals surface area contributed by atoms with Gasteiger partial charge in [-0.05, 0) is 6.07 Å². The third kappa shape index (κ3) is 3.48. The van der Waals surface area contributed by atoms with E-state index in [0.717, 1.165) is 5.56 Å². The predicted molar refractivity (Wildman–Crippen MR) is 79.0 cm³/mol. The van der Waals surface area contributed by atoms with Crippen molar-refractivity contribution >= 4 is 11.9 Å². The maximum atomic E-state index is 11.9. The Morgan fingerprint density at radius 2 is 2.18 bits per heavy atom. The van der Waals surface area contributed by atoms with Gasteiger partial charge in [0.15, 0.2) is 11.5 Å². The van der Waals surface area contributed by atoms with Crippen LogP contribution in [0.25, 0.3) is 0 Å². The number of para-hydroxylation sites is 1. The lowest BCUT2D eigenvalue weighted by Gasteiger charge is -2.34. The molecule has 1 fully saturated rings. The fourth-order valence-corrected chi connectivity index (χ4v) is 2.64. The van der Waals surface area contributed by atoms with Crippen LogP contribution in [0.5, 0.6) is 11.5 Å². The third-order valence-corrected chi connectivity index (χ3v) is 3.67. The number of benzene rings is 1. The van der Waals surface area contributed by atoms with Crippen molar-refractivity contribution in [1.29, 1.82) is 0 Å². The molecule has 1 amide bonds. The lowest BCUT2D eigenvalue weighted by molar-refractivity contribution is -0.143. The number of piperazine rings is 1. The smallest absolute Gasteiger partial charge is 0.305 e. The molecule has 120 valence electrons. The zero-order valence-electron chi connectivity index (χ0n) is 12.7. The number of carbonyl (C=O) groups excluding carboxylic acids is 1. The molecule has 2 rings (SSSR count). The zero-order valence-corrected chi connectivity index (χ0v) is 12.7. The van der Waals surface area contributed by atoms with E-state index in [1.54, 1.807) is 20.3 Å². The second-order valence-electron chi connectivity index (χ2n) is 5.03. The topological polar surface area (TPSA) is 88.1 Å². The number of carbonyl (C=O) groups is 2. The molecule has 0 aliphatic carbocycles. The van der Waals surface area contributed by atoms with Gasteiger partial charge in [-0.15, -0.1) is 0 Å². The average Bonchev–Trinajstić information content (AvgIpc) is 2.50. The van der Waals surface area contributed by atoms with Crippen molar-refractivity contribution < 1.29 is 24.2 Å². The molecular weight excluding hydrogens is 288 g/mol. The molecule has 0 spiro atoms. The van der Waals surface area contributed by atoms with Gasteiger partial charge in [0.2, 0.25) is 5.91 Å². The Bertz CT molecular complexity index is 561. The predicted octanol–water partition coefficient (Wildman–Crippen LogP) is 0.479. The second-order valence-corrected chi connectivity index (χ2v) is 5.03. The Morgan fingerprint density at radius 1 is 1.41 bits per heavy atom. The summed E-state index contributed by atoms with van der Waals surface area (Å²) >= 11 is 0. The number of nitrogens with one attached hydrogen (secondary N) is 1. The summed E-state index contributed by atoms with van der Waals surface area (Å²) in [7, 11) is 3.11. The van der Waals surface area contributed by atoms with Crippen LogP contribution in [0.4, 0.5) is 0 Å². The molecule has 0 bridgehead atoms. The van der Waals surface area contributed by atoms with Crippen molar-refractivity contribution in [3.63, 3.8) is 0 Å². The van der Waals surface area contributed by atoms with Crippen LogP contribution in [0.1, 0.15) is 12.0 Å². The molecule has 0 unspecified atom stereocenters. The summed E-state index contributed by atoms with van der Waals surface area (Å²) in [5.74, 6) is -0.0403. The lowest BCUT2D eigenvalue weighted by atomic mass is 10.1. The fraction of sp³-hybridized carbons (Fsp3) is 0.467. The molecule has 2 N–H and O–H groups in total. The first-order chi connectivity index (χ1) is 10.6. The van der Waals surface area contributed by atoms with Crippen molar-refractivity contribution in [2.24, 2.45) is 0 Å². The molecule has 1 aromatic carbocycles. The summed E-state index contributed by atoms with van der Waals surface area (Å²) < 4.78 is 10.6. The largest absolute Gasteiger partial charge is 0.493 e. The molecule has 22 heavy (non-hydrogen) atoms. The van der Waals surface area contributed by atoms with Gasteiger partial charge in [-0.1, -0.05) is 12.1 Å². The van der Waals surface area contributed by atoms with Gasteiger partial charge in [-0.3, -0.25) is 14.5 Å². The third-order valence-electron chi connectivity index (χ3n) is 3.67.